The maximum Gasteiger partial charge on any atom is 0.305 e. The highest BCUT2D eigenvalue weighted by atomic mass is 16.5. The first-order valence-electron chi connectivity index (χ1n) is 7.28. The van der Waals surface area contributed by atoms with Gasteiger partial charge in [0.05, 0.1) is 19.1 Å². The number of likely N-dealkylation sites (tertiary alicyclic amines) is 1. The third-order valence-electron chi connectivity index (χ3n) is 3.53. The van der Waals surface area contributed by atoms with E-state index in [2.05, 4.69) is 11.8 Å². The molecule has 0 aromatic carbocycles. The topological polar surface area (TPSA) is 49.8 Å². The van der Waals surface area contributed by atoms with E-state index in [9.17, 15) is 4.79 Å². The summed E-state index contributed by atoms with van der Waals surface area (Å²) in [7, 11) is 0. The number of aliphatic carboxylic acids is 1. The van der Waals surface area contributed by atoms with Gasteiger partial charge in [-0.3, -0.25) is 4.79 Å². The van der Waals surface area contributed by atoms with Crippen LogP contribution in [0.15, 0.2) is 0 Å². The summed E-state index contributed by atoms with van der Waals surface area (Å²) in [5.74, 6) is -0.775. The molecule has 0 aliphatic carbocycles. The van der Waals surface area contributed by atoms with Gasteiger partial charge in [-0.2, -0.15) is 0 Å². The molecule has 4 nitrogen and oxygen atoms in total. The highest BCUT2D eigenvalue weighted by molar-refractivity contribution is 5.66. The van der Waals surface area contributed by atoms with Crippen LogP contribution < -0.4 is 0 Å². The summed E-state index contributed by atoms with van der Waals surface area (Å²) in [6.07, 6.45) is 7.77. The lowest BCUT2D eigenvalue weighted by Crippen LogP contribution is -2.37. The molecule has 0 aromatic rings. The average Bonchev–Trinajstić information content (AvgIpc) is 2.36. The minimum atomic E-state index is -0.775. The monoisotopic (exact) mass is 257 g/mol. The van der Waals surface area contributed by atoms with Crippen LogP contribution in [0.1, 0.15) is 51.9 Å². The van der Waals surface area contributed by atoms with Crippen molar-refractivity contribution in [2.75, 3.05) is 26.2 Å². The first-order chi connectivity index (χ1) is 8.72. The lowest BCUT2D eigenvalue weighted by molar-refractivity contribution is -0.138. The maximum atomic E-state index is 10.4. The Labute approximate surface area is 110 Å². The molecule has 1 rings (SSSR count). The van der Waals surface area contributed by atoms with Gasteiger partial charge in [0.2, 0.25) is 0 Å². The summed E-state index contributed by atoms with van der Waals surface area (Å²) in [5, 5.41) is 8.54. The molecule has 1 aliphatic heterocycles. The predicted molar refractivity (Wildman–Crippen MR) is 71.8 cm³/mol. The van der Waals surface area contributed by atoms with Gasteiger partial charge < -0.3 is 14.7 Å². The normalized spacial score (nSPS) is 18.1. The Morgan fingerprint density at radius 3 is 2.61 bits per heavy atom. The summed E-state index contributed by atoms with van der Waals surface area (Å²) in [5.41, 5.74) is 0. The third-order valence-corrected chi connectivity index (χ3v) is 3.53. The van der Waals surface area contributed by atoms with Crippen LogP contribution >= 0.6 is 0 Å². The molecule has 18 heavy (non-hydrogen) atoms. The highest BCUT2D eigenvalue weighted by Gasteiger charge is 2.19. The van der Waals surface area contributed by atoms with E-state index >= 15 is 0 Å². The van der Waals surface area contributed by atoms with Crippen LogP contribution in [0.3, 0.4) is 0 Å². The fourth-order valence-electron chi connectivity index (χ4n) is 2.37. The Kier molecular flexibility index (Phi) is 8.01. The van der Waals surface area contributed by atoms with Crippen LogP contribution in [0, 0.1) is 0 Å². The van der Waals surface area contributed by atoms with E-state index in [0.717, 1.165) is 25.9 Å². The van der Waals surface area contributed by atoms with Gasteiger partial charge in [-0.1, -0.05) is 26.2 Å². The lowest BCUT2D eigenvalue weighted by atomic mass is 10.1. The molecule has 1 N–H and O–H groups in total. The van der Waals surface area contributed by atoms with Gasteiger partial charge >= 0.3 is 5.97 Å². The minimum absolute atomic E-state index is 0.122. The molecule has 1 aliphatic rings. The summed E-state index contributed by atoms with van der Waals surface area (Å²) in [6.45, 7) is 6.01. The number of nitrogens with zero attached hydrogens (tertiary/aromatic N) is 1. The zero-order chi connectivity index (χ0) is 13.2. The van der Waals surface area contributed by atoms with Crippen molar-refractivity contribution in [2.45, 2.75) is 58.0 Å². The number of rotatable bonds is 9. The van der Waals surface area contributed by atoms with E-state index in [4.69, 9.17) is 9.84 Å². The van der Waals surface area contributed by atoms with Crippen LogP contribution in [0.4, 0.5) is 0 Å². The molecule has 0 saturated carbocycles. The second-order valence-corrected chi connectivity index (χ2v) is 5.12. The van der Waals surface area contributed by atoms with Crippen molar-refractivity contribution in [3.63, 3.8) is 0 Å². The molecule has 1 heterocycles. The number of hydrogen-bond acceptors (Lipinski definition) is 3. The van der Waals surface area contributed by atoms with Crippen molar-refractivity contribution >= 4 is 5.97 Å². The molecule has 0 aromatic heterocycles. The lowest BCUT2D eigenvalue weighted by Gasteiger charge is -2.31. The molecule has 0 spiro atoms. The standard InChI is InChI=1S/C14H27NO3/c1-2-3-4-5-9-15-10-6-13(7-11-15)18-12-8-14(16)17/h13H,2-12H2,1H3,(H,16,17). The fourth-order valence-corrected chi connectivity index (χ4v) is 2.37. The zero-order valence-corrected chi connectivity index (χ0v) is 11.6. The SMILES string of the molecule is CCCCCCN1CCC(OCCC(=O)O)CC1. The molecule has 1 saturated heterocycles. The number of ether oxygens (including phenoxy) is 1. The average molecular weight is 257 g/mol. The second kappa shape index (κ2) is 9.34. The van der Waals surface area contributed by atoms with Crippen molar-refractivity contribution in [3.8, 4) is 0 Å². The van der Waals surface area contributed by atoms with Gasteiger partial charge in [-0.25, -0.2) is 0 Å². The summed E-state index contributed by atoms with van der Waals surface area (Å²) >= 11 is 0. The van der Waals surface area contributed by atoms with E-state index in [1.807, 2.05) is 0 Å². The van der Waals surface area contributed by atoms with E-state index < -0.39 is 5.97 Å². The van der Waals surface area contributed by atoms with Crippen LogP contribution in [0.25, 0.3) is 0 Å². The van der Waals surface area contributed by atoms with Crippen molar-refractivity contribution in [1.82, 2.24) is 4.90 Å². The number of carboxylic acids is 1. The number of hydrogen-bond donors (Lipinski definition) is 1. The van der Waals surface area contributed by atoms with Gasteiger partial charge in [0.25, 0.3) is 0 Å². The third kappa shape index (κ3) is 6.97. The highest BCUT2D eigenvalue weighted by Crippen LogP contribution is 2.14. The van der Waals surface area contributed by atoms with Crippen LogP contribution in [0.5, 0.6) is 0 Å². The first kappa shape index (κ1) is 15.4. The summed E-state index contributed by atoms with van der Waals surface area (Å²) < 4.78 is 5.58. The molecule has 106 valence electrons. The molecule has 1 fully saturated rings. The van der Waals surface area contributed by atoms with Crippen LogP contribution in [-0.4, -0.2) is 48.3 Å². The van der Waals surface area contributed by atoms with Crippen LogP contribution in [-0.2, 0) is 9.53 Å². The van der Waals surface area contributed by atoms with E-state index in [-0.39, 0.29) is 12.5 Å². The number of piperidine rings is 1. The number of carbonyl (C=O) groups is 1. The van der Waals surface area contributed by atoms with E-state index in [1.54, 1.807) is 0 Å². The second-order valence-electron chi connectivity index (χ2n) is 5.12. The van der Waals surface area contributed by atoms with Crippen molar-refractivity contribution in [3.05, 3.63) is 0 Å². The Morgan fingerprint density at radius 2 is 2.00 bits per heavy atom. The van der Waals surface area contributed by atoms with Crippen LogP contribution in [0.2, 0.25) is 0 Å². The van der Waals surface area contributed by atoms with Gasteiger partial charge in [-0.05, 0) is 25.8 Å². The number of carboxylic acid groups (broad SMARTS) is 1. The smallest absolute Gasteiger partial charge is 0.305 e. The number of unbranched alkanes of at least 4 members (excludes halogenated alkanes) is 3. The molecular formula is C14H27NO3. The maximum absolute atomic E-state index is 10.4. The molecule has 0 radical (unpaired) electrons. The fraction of sp³-hybridized carbons (Fsp3) is 0.929. The molecule has 0 bridgehead atoms. The Bertz CT molecular complexity index is 225. The Balaban J connectivity index is 2.00. The molecule has 4 heteroatoms. The molecular weight excluding hydrogens is 230 g/mol. The molecule has 0 atom stereocenters. The largest absolute Gasteiger partial charge is 0.481 e. The van der Waals surface area contributed by atoms with Gasteiger partial charge in [0, 0.05) is 13.1 Å². The molecule has 0 unspecified atom stereocenters. The minimum Gasteiger partial charge on any atom is -0.481 e. The summed E-state index contributed by atoms with van der Waals surface area (Å²) in [6, 6.07) is 0. The van der Waals surface area contributed by atoms with Crippen molar-refractivity contribution < 1.29 is 14.6 Å². The first-order valence-corrected chi connectivity index (χ1v) is 7.28. The van der Waals surface area contributed by atoms with Gasteiger partial charge in [0.1, 0.15) is 0 Å². The van der Waals surface area contributed by atoms with E-state index in [1.165, 1.54) is 32.2 Å². The van der Waals surface area contributed by atoms with Crippen molar-refractivity contribution in [1.29, 1.82) is 0 Å². The summed E-state index contributed by atoms with van der Waals surface area (Å²) in [4.78, 5) is 12.9. The molecule has 0 amide bonds. The Morgan fingerprint density at radius 1 is 1.28 bits per heavy atom. The van der Waals surface area contributed by atoms with Gasteiger partial charge in [-0.15, -0.1) is 0 Å². The quantitative estimate of drug-likeness (QED) is 0.645. The zero-order valence-electron chi connectivity index (χ0n) is 11.6. The Hall–Kier alpha value is -0.610. The van der Waals surface area contributed by atoms with E-state index in [0.29, 0.717) is 6.61 Å². The predicted octanol–water partition coefficient (Wildman–Crippen LogP) is 2.52. The van der Waals surface area contributed by atoms with Gasteiger partial charge in [0.15, 0.2) is 0 Å². The van der Waals surface area contributed by atoms with Crippen molar-refractivity contribution in [2.24, 2.45) is 0 Å².